The maximum atomic E-state index is 13.5. The molecular formula is C65H117N2O7P. The van der Waals surface area contributed by atoms with Gasteiger partial charge in [0.15, 0.2) is 0 Å². The molecule has 0 fully saturated rings. The van der Waals surface area contributed by atoms with Crippen LogP contribution in [0.25, 0.3) is 0 Å². The van der Waals surface area contributed by atoms with Crippen LogP contribution in [0.15, 0.2) is 85.1 Å². The van der Waals surface area contributed by atoms with Crippen molar-refractivity contribution in [2.75, 3.05) is 40.9 Å². The van der Waals surface area contributed by atoms with Crippen molar-refractivity contribution < 1.29 is 37.3 Å². The van der Waals surface area contributed by atoms with Gasteiger partial charge in [0.25, 0.3) is 7.82 Å². The molecule has 0 aromatic heterocycles. The van der Waals surface area contributed by atoms with Gasteiger partial charge in [0.1, 0.15) is 19.3 Å². The summed E-state index contributed by atoms with van der Waals surface area (Å²) < 4.78 is 30.3. The van der Waals surface area contributed by atoms with Crippen LogP contribution in [-0.4, -0.2) is 69.4 Å². The molecule has 0 bridgehead atoms. The van der Waals surface area contributed by atoms with Crippen LogP contribution in [0, 0.1) is 0 Å². The normalized spacial score (nSPS) is 14.3. The van der Waals surface area contributed by atoms with Crippen LogP contribution in [-0.2, 0) is 27.9 Å². The lowest BCUT2D eigenvalue weighted by atomic mass is 10.0. The van der Waals surface area contributed by atoms with Gasteiger partial charge in [-0.2, -0.15) is 0 Å². The molecule has 0 radical (unpaired) electrons. The number of carbonyl (C=O) groups is 2. The lowest BCUT2D eigenvalue weighted by molar-refractivity contribution is -0.870. The van der Waals surface area contributed by atoms with Crippen molar-refractivity contribution in [3.05, 3.63) is 85.1 Å². The fourth-order valence-corrected chi connectivity index (χ4v) is 9.45. The maximum absolute atomic E-state index is 13.5. The number of esters is 1. The lowest BCUT2D eigenvalue weighted by Crippen LogP contribution is -2.47. The molecule has 0 aliphatic carbocycles. The summed E-state index contributed by atoms with van der Waals surface area (Å²) in [5.74, 6) is -0.588. The van der Waals surface area contributed by atoms with E-state index in [1.54, 1.807) is 0 Å². The summed E-state index contributed by atoms with van der Waals surface area (Å²) in [5.41, 5.74) is 0. The Hall–Kier alpha value is -2.81. The van der Waals surface area contributed by atoms with Crippen LogP contribution in [0.5, 0.6) is 0 Å². The van der Waals surface area contributed by atoms with Crippen molar-refractivity contribution in [2.45, 2.75) is 277 Å². The van der Waals surface area contributed by atoms with Gasteiger partial charge in [-0.15, -0.1) is 0 Å². The van der Waals surface area contributed by atoms with E-state index in [9.17, 15) is 19.0 Å². The number of hydrogen-bond donors (Lipinski definition) is 1. The Morgan fingerprint density at radius 2 is 0.853 bits per heavy atom. The first-order valence-corrected chi connectivity index (χ1v) is 32.4. The van der Waals surface area contributed by atoms with E-state index >= 15 is 0 Å². The van der Waals surface area contributed by atoms with E-state index in [0.29, 0.717) is 23.9 Å². The van der Waals surface area contributed by atoms with Crippen molar-refractivity contribution in [1.29, 1.82) is 0 Å². The van der Waals surface area contributed by atoms with Gasteiger partial charge in [0.2, 0.25) is 5.91 Å². The highest BCUT2D eigenvalue weighted by Crippen LogP contribution is 2.38. The van der Waals surface area contributed by atoms with E-state index in [1.807, 2.05) is 94.1 Å². The smallest absolute Gasteiger partial charge is 0.306 e. The predicted octanol–water partition coefficient (Wildman–Crippen LogP) is 18.4. The van der Waals surface area contributed by atoms with E-state index < -0.39 is 26.6 Å². The second kappa shape index (κ2) is 54.5. The van der Waals surface area contributed by atoms with Gasteiger partial charge in [-0.1, -0.05) is 286 Å². The minimum absolute atomic E-state index is 0.0321. The van der Waals surface area contributed by atoms with Crippen LogP contribution in [0.2, 0.25) is 0 Å². The van der Waals surface area contributed by atoms with E-state index in [1.165, 1.54) is 161 Å². The van der Waals surface area contributed by atoms with Crippen LogP contribution in [0.1, 0.15) is 265 Å². The molecule has 0 aromatic rings. The highest BCUT2D eigenvalue weighted by atomic mass is 31.2. The Morgan fingerprint density at radius 3 is 1.29 bits per heavy atom. The molecule has 0 aliphatic rings. The number of nitrogens with zero attached hydrogens (tertiary/aromatic N) is 1. The zero-order valence-corrected chi connectivity index (χ0v) is 50.4. The molecule has 0 rings (SSSR count). The molecule has 0 aromatic carbocycles. The third-order valence-electron chi connectivity index (χ3n) is 13.5. The number of unbranched alkanes of at least 4 members (excludes halogenated alkanes) is 32. The van der Waals surface area contributed by atoms with Gasteiger partial charge in [0.05, 0.1) is 33.8 Å². The summed E-state index contributed by atoms with van der Waals surface area (Å²) in [5, 5.41) is 3.02. The summed E-state index contributed by atoms with van der Waals surface area (Å²) in [6.45, 7) is 6.68. The van der Waals surface area contributed by atoms with Gasteiger partial charge in [-0.3, -0.25) is 14.2 Å². The molecule has 3 unspecified atom stereocenters. The van der Waals surface area contributed by atoms with E-state index in [2.05, 4.69) is 38.2 Å². The van der Waals surface area contributed by atoms with Gasteiger partial charge in [-0.25, -0.2) is 0 Å². The van der Waals surface area contributed by atoms with Gasteiger partial charge >= 0.3 is 5.97 Å². The average molecular weight is 1070 g/mol. The van der Waals surface area contributed by atoms with Gasteiger partial charge < -0.3 is 28.5 Å². The highest BCUT2D eigenvalue weighted by Gasteiger charge is 2.27. The molecule has 9 nitrogen and oxygen atoms in total. The maximum Gasteiger partial charge on any atom is 0.306 e. The van der Waals surface area contributed by atoms with Gasteiger partial charge in [-0.05, 0) is 51.0 Å². The summed E-state index contributed by atoms with van der Waals surface area (Å²) in [4.78, 5) is 40.0. The number of phosphoric ester groups is 1. The quantitative estimate of drug-likeness (QED) is 0.0161. The van der Waals surface area contributed by atoms with Crippen LogP contribution in [0.3, 0.4) is 0 Å². The first-order valence-electron chi connectivity index (χ1n) is 31.0. The van der Waals surface area contributed by atoms with Gasteiger partial charge in [0, 0.05) is 12.8 Å². The van der Waals surface area contributed by atoms with Crippen molar-refractivity contribution in [3.8, 4) is 0 Å². The molecule has 3 atom stereocenters. The average Bonchev–Trinajstić information content (AvgIpc) is 3.37. The van der Waals surface area contributed by atoms with Crippen molar-refractivity contribution in [2.24, 2.45) is 0 Å². The minimum atomic E-state index is -4.71. The summed E-state index contributed by atoms with van der Waals surface area (Å²) in [6.07, 6.45) is 71.2. The number of carbonyl (C=O) groups excluding carboxylic acids is 2. The second-order valence-electron chi connectivity index (χ2n) is 22.0. The monoisotopic (exact) mass is 1070 g/mol. The Bertz CT molecular complexity index is 1560. The number of nitrogens with one attached hydrogen (secondary N) is 1. The molecule has 0 aliphatic heterocycles. The number of phosphoric acid groups is 1. The van der Waals surface area contributed by atoms with Crippen LogP contribution in [0.4, 0.5) is 0 Å². The third kappa shape index (κ3) is 55.7. The molecule has 10 heteroatoms. The molecule has 75 heavy (non-hydrogen) atoms. The molecule has 0 spiro atoms. The number of amides is 1. The summed E-state index contributed by atoms with van der Waals surface area (Å²) in [7, 11) is 1.16. The zero-order chi connectivity index (χ0) is 55.0. The van der Waals surface area contributed by atoms with E-state index in [0.717, 1.165) is 64.2 Å². The number of rotatable bonds is 55. The first kappa shape index (κ1) is 72.2. The number of quaternary nitrogens is 1. The number of likely N-dealkylation sites (N-methyl/N-ethyl adjacent to an activating group) is 1. The second-order valence-corrected chi connectivity index (χ2v) is 23.4. The number of allylic oxidation sites excluding steroid dienone is 13. The van der Waals surface area contributed by atoms with Crippen molar-refractivity contribution in [1.82, 2.24) is 5.32 Å². The number of hydrogen-bond acceptors (Lipinski definition) is 7. The van der Waals surface area contributed by atoms with Crippen molar-refractivity contribution >= 4 is 19.7 Å². The molecule has 0 saturated heterocycles. The Kier molecular flexibility index (Phi) is 52.5. The predicted molar refractivity (Wildman–Crippen MR) is 321 cm³/mol. The Balaban J connectivity index is 5.35. The Morgan fingerprint density at radius 1 is 0.480 bits per heavy atom. The molecule has 0 saturated carbocycles. The highest BCUT2D eigenvalue weighted by molar-refractivity contribution is 7.45. The molecular weight excluding hydrogens is 952 g/mol. The summed E-state index contributed by atoms with van der Waals surface area (Å²) in [6, 6.07) is -0.909. The minimum Gasteiger partial charge on any atom is -0.756 e. The van der Waals surface area contributed by atoms with E-state index in [4.69, 9.17) is 13.8 Å². The molecule has 0 heterocycles. The fraction of sp³-hybridized carbons (Fsp3) is 0.754. The van der Waals surface area contributed by atoms with Crippen molar-refractivity contribution in [3.63, 3.8) is 0 Å². The molecule has 434 valence electrons. The van der Waals surface area contributed by atoms with Crippen LogP contribution >= 0.6 is 7.82 Å². The standard InChI is InChI=1S/C65H117N2O7P/c1-7-10-13-16-19-22-25-28-30-32-33-35-36-39-42-45-48-51-54-57-64(68)66-62(61-73-75(70,71)72-60-59-67(4,5)6)63(56-53-50-47-44-41-38-27-24-21-18-15-12-9-3)74-65(69)58-55-52-49-46-43-40-37-34-31-29-26-23-20-17-14-11-8-2/h11,14,17,20,23,26,29,31,34,37,40,43,53,56,62-63H,7-10,12-13,15-16,18-19,21-22,24-25,27-28,30,32-33,35-36,38-39,41-42,44-52,54-55,57-61H2,1-6H3,(H-,66,68,70,71)/b14-11-,20-17+,26-23+,31-29-,37-34+,43-40+,56-53+. The SMILES string of the molecule is CC\C=C/C=C/C=C/C=C\C=C\C=C\CCCCCC(=O)OC(/C=C/CCCCCCCCCCCCC)C(COP(=O)([O-])OCC[N+](C)(C)C)NC(=O)CCCCCCCCCCCCCCCCCCCCC. The largest absolute Gasteiger partial charge is 0.756 e. The summed E-state index contributed by atoms with van der Waals surface area (Å²) >= 11 is 0. The third-order valence-corrected chi connectivity index (χ3v) is 14.5. The fourth-order valence-electron chi connectivity index (χ4n) is 8.73. The lowest BCUT2D eigenvalue weighted by Gasteiger charge is -2.30. The van der Waals surface area contributed by atoms with E-state index in [-0.39, 0.29) is 24.9 Å². The molecule has 1 amide bonds. The Labute approximate surface area is 463 Å². The topological polar surface area (TPSA) is 114 Å². The number of ether oxygens (including phenoxy) is 1. The van der Waals surface area contributed by atoms with Crippen LogP contribution < -0.4 is 10.2 Å². The first-order chi connectivity index (χ1) is 36.4. The molecule has 1 N–H and O–H groups in total. The zero-order valence-electron chi connectivity index (χ0n) is 49.5.